The molecule has 5 heteroatoms. The van der Waals surface area contributed by atoms with Crippen molar-refractivity contribution in [2.75, 3.05) is 5.32 Å². The molecule has 1 aromatic carbocycles. The summed E-state index contributed by atoms with van der Waals surface area (Å²) < 4.78 is 0. The molecule has 2 aliphatic heterocycles. The summed E-state index contributed by atoms with van der Waals surface area (Å²) in [6.45, 7) is 0. The van der Waals surface area contributed by atoms with E-state index in [2.05, 4.69) is 10.6 Å². The quantitative estimate of drug-likeness (QED) is 0.515. The summed E-state index contributed by atoms with van der Waals surface area (Å²) in [5.74, 6) is -0.453. The van der Waals surface area contributed by atoms with Gasteiger partial charge in [0.25, 0.3) is 5.91 Å². The summed E-state index contributed by atoms with van der Waals surface area (Å²) >= 11 is 0. The van der Waals surface area contributed by atoms with Crippen LogP contribution in [0.3, 0.4) is 0 Å². The number of carbonyl (C=O) groups excluding carboxylic acids is 2. The van der Waals surface area contributed by atoms with Crippen LogP contribution in [0.15, 0.2) is 24.3 Å². The number of phenols is 1. The lowest BCUT2D eigenvalue weighted by molar-refractivity contribution is -0.148. The zero-order valence-electron chi connectivity index (χ0n) is 9.06. The number of amides is 2. The second kappa shape index (κ2) is 3.23. The van der Waals surface area contributed by atoms with Gasteiger partial charge >= 0.3 is 0 Å². The molecule has 88 valence electrons. The molecule has 2 bridgehead atoms. The van der Waals surface area contributed by atoms with E-state index in [4.69, 9.17) is 0 Å². The van der Waals surface area contributed by atoms with Crippen LogP contribution < -0.4 is 10.6 Å². The van der Waals surface area contributed by atoms with E-state index in [9.17, 15) is 14.7 Å². The van der Waals surface area contributed by atoms with Crippen molar-refractivity contribution in [3.63, 3.8) is 0 Å². The summed E-state index contributed by atoms with van der Waals surface area (Å²) in [4.78, 5) is 23.1. The Labute approximate surface area is 97.8 Å². The first-order chi connectivity index (χ1) is 8.11. The number of rotatable bonds is 2. The van der Waals surface area contributed by atoms with Gasteiger partial charge in [-0.2, -0.15) is 0 Å². The first-order valence-electron chi connectivity index (χ1n) is 5.52. The normalized spacial score (nSPS) is 30.5. The van der Waals surface area contributed by atoms with Gasteiger partial charge in [0.1, 0.15) is 11.3 Å². The topological polar surface area (TPSA) is 78.4 Å². The van der Waals surface area contributed by atoms with Gasteiger partial charge in [-0.3, -0.25) is 14.9 Å². The fourth-order valence-electron chi connectivity index (χ4n) is 2.48. The zero-order valence-corrected chi connectivity index (χ0v) is 9.06. The third-order valence-electron chi connectivity index (χ3n) is 3.51. The fourth-order valence-corrected chi connectivity index (χ4v) is 2.48. The molecule has 0 atom stereocenters. The Morgan fingerprint density at radius 1 is 1.29 bits per heavy atom. The number of aromatic hydroxyl groups is 1. The van der Waals surface area contributed by atoms with Gasteiger partial charge in [-0.25, -0.2) is 0 Å². The molecular weight excluding hydrogens is 220 g/mol. The van der Waals surface area contributed by atoms with Crippen LogP contribution in [0.25, 0.3) is 0 Å². The number of hydrogen-bond acceptors (Lipinski definition) is 4. The largest absolute Gasteiger partial charge is 0.506 e. The summed E-state index contributed by atoms with van der Waals surface area (Å²) in [6, 6.07) is 6.76. The monoisotopic (exact) mass is 232 g/mol. The van der Waals surface area contributed by atoms with E-state index < -0.39 is 5.54 Å². The van der Waals surface area contributed by atoms with Gasteiger partial charge in [0, 0.05) is 5.92 Å². The van der Waals surface area contributed by atoms with Gasteiger partial charge in [0.15, 0.2) is 0 Å². The molecule has 0 aromatic heterocycles. The zero-order chi connectivity index (χ0) is 12.0. The molecule has 4 rings (SSSR count). The first kappa shape index (κ1) is 10.1. The summed E-state index contributed by atoms with van der Waals surface area (Å²) in [5.41, 5.74) is -0.201. The van der Waals surface area contributed by atoms with Crippen LogP contribution in [-0.4, -0.2) is 22.5 Å². The molecule has 1 saturated carbocycles. The van der Waals surface area contributed by atoms with Crippen molar-refractivity contribution in [3.05, 3.63) is 24.3 Å². The van der Waals surface area contributed by atoms with Crippen LogP contribution in [0.5, 0.6) is 5.75 Å². The maximum atomic E-state index is 11.8. The highest BCUT2D eigenvalue weighted by molar-refractivity contribution is 6.08. The number of para-hydroxylation sites is 2. The van der Waals surface area contributed by atoms with E-state index in [0.717, 1.165) is 0 Å². The average Bonchev–Trinajstić information content (AvgIpc) is 2.23. The number of imide groups is 1. The fraction of sp³-hybridized carbons (Fsp3) is 0.333. The van der Waals surface area contributed by atoms with Gasteiger partial charge in [-0.15, -0.1) is 0 Å². The number of nitrogens with one attached hydrogen (secondary N) is 2. The van der Waals surface area contributed by atoms with Crippen LogP contribution in [0, 0.1) is 5.92 Å². The number of phenolic OH excluding ortho intramolecular Hbond substituents is 1. The molecule has 0 unspecified atom stereocenters. The Bertz CT molecular complexity index is 506. The molecule has 0 spiro atoms. The number of carbonyl (C=O) groups is 2. The molecule has 5 nitrogen and oxygen atoms in total. The van der Waals surface area contributed by atoms with E-state index in [1.54, 1.807) is 24.3 Å². The average molecular weight is 232 g/mol. The van der Waals surface area contributed by atoms with Gasteiger partial charge in [-0.05, 0) is 25.0 Å². The minimum absolute atomic E-state index is 0.0777. The van der Waals surface area contributed by atoms with E-state index in [1.807, 2.05) is 0 Å². The highest BCUT2D eigenvalue weighted by Crippen LogP contribution is 2.44. The Morgan fingerprint density at radius 3 is 2.65 bits per heavy atom. The third kappa shape index (κ3) is 1.39. The van der Waals surface area contributed by atoms with Crippen molar-refractivity contribution in [2.45, 2.75) is 18.4 Å². The summed E-state index contributed by atoms with van der Waals surface area (Å²) in [7, 11) is 0. The van der Waals surface area contributed by atoms with Crippen LogP contribution in [0.1, 0.15) is 12.8 Å². The van der Waals surface area contributed by atoms with E-state index in [-0.39, 0.29) is 23.5 Å². The second-order valence-corrected chi connectivity index (χ2v) is 4.65. The Hall–Kier alpha value is -2.04. The lowest BCUT2D eigenvalue weighted by Crippen LogP contribution is -2.69. The molecule has 1 aromatic rings. The number of fused-ring (bicyclic) bond motifs is 2. The Morgan fingerprint density at radius 2 is 2.00 bits per heavy atom. The van der Waals surface area contributed by atoms with Crippen molar-refractivity contribution < 1.29 is 14.7 Å². The van der Waals surface area contributed by atoms with Gasteiger partial charge in [0.2, 0.25) is 5.91 Å². The smallest absolute Gasteiger partial charge is 0.252 e. The van der Waals surface area contributed by atoms with E-state index in [0.29, 0.717) is 18.5 Å². The van der Waals surface area contributed by atoms with Crippen molar-refractivity contribution in [1.82, 2.24) is 5.32 Å². The Balaban J connectivity index is 1.85. The van der Waals surface area contributed by atoms with E-state index in [1.165, 1.54) is 0 Å². The maximum absolute atomic E-state index is 11.8. The minimum atomic E-state index is -0.725. The number of benzene rings is 1. The van der Waals surface area contributed by atoms with Gasteiger partial charge in [-0.1, -0.05) is 12.1 Å². The molecule has 1 aliphatic carbocycles. The number of hydrogen-bond donors (Lipinski definition) is 3. The summed E-state index contributed by atoms with van der Waals surface area (Å²) in [6.07, 6.45) is 1.01. The molecule has 3 aliphatic rings. The number of piperidine rings is 2. The van der Waals surface area contributed by atoms with Crippen LogP contribution in [0.4, 0.5) is 5.69 Å². The third-order valence-corrected chi connectivity index (χ3v) is 3.51. The molecule has 3 N–H and O–H groups in total. The molecule has 3 fully saturated rings. The van der Waals surface area contributed by atoms with Gasteiger partial charge in [0.05, 0.1) is 5.69 Å². The van der Waals surface area contributed by atoms with Crippen LogP contribution in [0.2, 0.25) is 0 Å². The Kier molecular flexibility index (Phi) is 1.92. The van der Waals surface area contributed by atoms with Crippen molar-refractivity contribution in [3.8, 4) is 5.75 Å². The molecule has 2 saturated heterocycles. The standard InChI is InChI=1S/C12H12N2O3/c15-9-4-2-1-3-8(9)14-12-5-7(6-12)10(16)13-11(12)17/h1-4,7,14-15H,5-6H2,(H,13,16,17). The van der Waals surface area contributed by atoms with Crippen molar-refractivity contribution >= 4 is 17.5 Å². The summed E-state index contributed by atoms with van der Waals surface area (Å²) in [5, 5.41) is 15.0. The van der Waals surface area contributed by atoms with Crippen molar-refractivity contribution in [2.24, 2.45) is 5.92 Å². The van der Waals surface area contributed by atoms with Gasteiger partial charge < -0.3 is 10.4 Å². The maximum Gasteiger partial charge on any atom is 0.252 e. The molecular formula is C12H12N2O3. The predicted octanol–water partition coefficient (Wildman–Crippen LogP) is 0.609. The molecule has 17 heavy (non-hydrogen) atoms. The number of anilines is 1. The highest BCUT2D eigenvalue weighted by Gasteiger charge is 2.57. The lowest BCUT2D eigenvalue weighted by atomic mass is 9.64. The van der Waals surface area contributed by atoms with Crippen molar-refractivity contribution in [1.29, 1.82) is 0 Å². The minimum Gasteiger partial charge on any atom is -0.506 e. The molecule has 0 radical (unpaired) electrons. The lowest BCUT2D eigenvalue weighted by Gasteiger charge is -2.50. The predicted molar refractivity (Wildman–Crippen MR) is 60.3 cm³/mol. The SMILES string of the molecule is O=C1NC(=O)C2(Nc3ccccc3O)CC1C2. The molecule has 2 amide bonds. The highest BCUT2D eigenvalue weighted by atomic mass is 16.3. The van der Waals surface area contributed by atoms with Crippen LogP contribution >= 0.6 is 0 Å². The first-order valence-corrected chi connectivity index (χ1v) is 5.52. The second-order valence-electron chi connectivity index (χ2n) is 4.65. The van der Waals surface area contributed by atoms with Crippen LogP contribution in [-0.2, 0) is 9.59 Å². The van der Waals surface area contributed by atoms with E-state index >= 15 is 0 Å². The molecule has 2 heterocycles.